The summed E-state index contributed by atoms with van der Waals surface area (Å²) in [4.78, 5) is 11.4. The fourth-order valence-corrected chi connectivity index (χ4v) is 1.27. The fourth-order valence-electron chi connectivity index (χ4n) is 1.27. The van der Waals surface area contributed by atoms with Gasteiger partial charge in [-0.25, -0.2) is 8.78 Å². The van der Waals surface area contributed by atoms with Gasteiger partial charge in [-0.1, -0.05) is 0 Å². The van der Waals surface area contributed by atoms with Crippen LogP contribution in [0.5, 0.6) is 5.75 Å². The van der Waals surface area contributed by atoms with Crippen molar-refractivity contribution in [3.05, 3.63) is 29.3 Å². The number of hydrogen-bond donors (Lipinski definition) is 1. The Morgan fingerprint density at radius 2 is 2.06 bits per heavy atom. The first-order valence-corrected chi connectivity index (χ1v) is 4.77. The maximum absolute atomic E-state index is 13.4. The molecule has 1 aromatic rings. The quantitative estimate of drug-likeness (QED) is 0.786. The van der Waals surface area contributed by atoms with Crippen molar-refractivity contribution in [3.63, 3.8) is 0 Å². The molecule has 88 valence electrons. The van der Waals surface area contributed by atoms with Gasteiger partial charge in [-0.2, -0.15) is 0 Å². The number of Topliss-reactive ketones (excluding diaryl/α,β-unsaturated/α-hetero) is 1. The third kappa shape index (κ3) is 2.76. The van der Waals surface area contributed by atoms with Gasteiger partial charge in [-0.3, -0.25) is 4.79 Å². The Morgan fingerprint density at radius 3 is 2.62 bits per heavy atom. The Labute approximate surface area is 91.7 Å². The number of benzene rings is 1. The average Bonchev–Trinajstić information content (AvgIpc) is 2.28. The van der Waals surface area contributed by atoms with Crippen LogP contribution in [0, 0.1) is 11.6 Å². The summed E-state index contributed by atoms with van der Waals surface area (Å²) in [5.74, 6) is -2.37. The highest BCUT2D eigenvalue weighted by Crippen LogP contribution is 2.22. The third-order valence-corrected chi connectivity index (χ3v) is 2.10. The van der Waals surface area contributed by atoms with Crippen molar-refractivity contribution < 1.29 is 23.4 Å². The summed E-state index contributed by atoms with van der Waals surface area (Å²) >= 11 is 0. The number of aliphatic hydroxyl groups excluding tert-OH is 1. The van der Waals surface area contributed by atoms with Crippen molar-refractivity contribution in [3.8, 4) is 5.75 Å². The normalized spacial score (nSPS) is 10.2. The van der Waals surface area contributed by atoms with E-state index in [9.17, 15) is 13.6 Å². The number of carbonyl (C=O) groups is 1. The average molecular weight is 230 g/mol. The lowest BCUT2D eigenvalue weighted by Crippen LogP contribution is -2.05. The number of rotatable bonds is 5. The summed E-state index contributed by atoms with van der Waals surface area (Å²) in [7, 11) is 1.21. The number of halogens is 2. The molecule has 0 aliphatic heterocycles. The highest BCUT2D eigenvalue weighted by molar-refractivity contribution is 5.96. The van der Waals surface area contributed by atoms with Crippen LogP contribution in [-0.2, 0) is 0 Å². The Morgan fingerprint density at radius 1 is 1.38 bits per heavy atom. The summed E-state index contributed by atoms with van der Waals surface area (Å²) < 4.78 is 31.2. The number of ketones is 1. The second-order valence-corrected chi connectivity index (χ2v) is 3.22. The summed E-state index contributed by atoms with van der Waals surface area (Å²) in [5, 5.41) is 8.53. The van der Waals surface area contributed by atoms with Crippen LogP contribution in [-0.4, -0.2) is 24.6 Å². The SMILES string of the molecule is COc1cc(F)c(C(=O)CCCO)cc1F. The maximum Gasteiger partial charge on any atom is 0.166 e. The molecule has 3 nitrogen and oxygen atoms in total. The zero-order valence-corrected chi connectivity index (χ0v) is 8.80. The van der Waals surface area contributed by atoms with Crippen molar-refractivity contribution in [2.75, 3.05) is 13.7 Å². The van der Waals surface area contributed by atoms with Crippen molar-refractivity contribution in [2.45, 2.75) is 12.8 Å². The van der Waals surface area contributed by atoms with E-state index in [0.717, 1.165) is 12.1 Å². The first-order valence-electron chi connectivity index (χ1n) is 4.77. The minimum atomic E-state index is -0.818. The Bertz CT molecular complexity index is 391. The lowest BCUT2D eigenvalue weighted by atomic mass is 10.1. The molecule has 0 fully saturated rings. The molecule has 0 aliphatic rings. The van der Waals surface area contributed by atoms with E-state index in [1.807, 2.05) is 0 Å². The van der Waals surface area contributed by atoms with Gasteiger partial charge in [0.15, 0.2) is 17.3 Å². The van der Waals surface area contributed by atoms with E-state index in [-0.39, 0.29) is 30.8 Å². The number of hydrogen-bond acceptors (Lipinski definition) is 3. The molecule has 0 saturated carbocycles. The van der Waals surface area contributed by atoms with Crippen molar-refractivity contribution in [2.24, 2.45) is 0 Å². The molecule has 0 aromatic heterocycles. The molecule has 0 saturated heterocycles. The molecule has 5 heteroatoms. The van der Waals surface area contributed by atoms with Crippen LogP contribution < -0.4 is 4.74 Å². The van der Waals surface area contributed by atoms with E-state index in [2.05, 4.69) is 4.74 Å². The lowest BCUT2D eigenvalue weighted by molar-refractivity contribution is 0.0966. The molecule has 0 bridgehead atoms. The molecule has 0 aliphatic carbocycles. The van der Waals surface area contributed by atoms with Gasteiger partial charge in [-0.15, -0.1) is 0 Å². The molecule has 1 aromatic carbocycles. The smallest absolute Gasteiger partial charge is 0.166 e. The van der Waals surface area contributed by atoms with Gasteiger partial charge in [-0.05, 0) is 12.5 Å². The van der Waals surface area contributed by atoms with E-state index in [4.69, 9.17) is 5.11 Å². The Balaban J connectivity index is 2.97. The maximum atomic E-state index is 13.4. The first-order chi connectivity index (χ1) is 7.60. The van der Waals surface area contributed by atoms with E-state index in [1.54, 1.807) is 0 Å². The highest BCUT2D eigenvalue weighted by atomic mass is 19.1. The molecule has 1 N–H and O–H groups in total. The number of ether oxygens (including phenoxy) is 1. The molecular weight excluding hydrogens is 218 g/mol. The number of aliphatic hydroxyl groups is 1. The van der Waals surface area contributed by atoms with Crippen LogP contribution in [0.2, 0.25) is 0 Å². The summed E-state index contributed by atoms with van der Waals surface area (Å²) in [6, 6.07) is 1.65. The highest BCUT2D eigenvalue weighted by Gasteiger charge is 2.15. The van der Waals surface area contributed by atoms with Crippen LogP contribution in [0.25, 0.3) is 0 Å². The van der Waals surface area contributed by atoms with Gasteiger partial charge in [0.1, 0.15) is 5.82 Å². The molecule has 0 spiro atoms. The van der Waals surface area contributed by atoms with Gasteiger partial charge < -0.3 is 9.84 Å². The second kappa shape index (κ2) is 5.55. The van der Waals surface area contributed by atoms with Crippen molar-refractivity contribution in [1.29, 1.82) is 0 Å². The molecular formula is C11H12F2O3. The van der Waals surface area contributed by atoms with Crippen molar-refractivity contribution >= 4 is 5.78 Å². The zero-order valence-electron chi connectivity index (χ0n) is 8.80. The molecule has 16 heavy (non-hydrogen) atoms. The van der Waals surface area contributed by atoms with E-state index in [1.165, 1.54) is 7.11 Å². The van der Waals surface area contributed by atoms with Crippen LogP contribution in [0.4, 0.5) is 8.78 Å². The molecule has 0 unspecified atom stereocenters. The van der Waals surface area contributed by atoms with Gasteiger partial charge in [0.2, 0.25) is 0 Å². The monoisotopic (exact) mass is 230 g/mol. The van der Waals surface area contributed by atoms with E-state index >= 15 is 0 Å². The van der Waals surface area contributed by atoms with E-state index < -0.39 is 17.4 Å². The van der Waals surface area contributed by atoms with Gasteiger partial charge >= 0.3 is 0 Å². The predicted octanol–water partition coefficient (Wildman–Crippen LogP) is 1.93. The summed E-state index contributed by atoms with van der Waals surface area (Å²) in [6.45, 7) is -0.161. The summed E-state index contributed by atoms with van der Waals surface area (Å²) in [6.07, 6.45) is 0.213. The molecule has 1 rings (SSSR count). The van der Waals surface area contributed by atoms with Crippen LogP contribution in [0.1, 0.15) is 23.2 Å². The minimum Gasteiger partial charge on any atom is -0.494 e. The lowest BCUT2D eigenvalue weighted by Gasteiger charge is -2.06. The fraction of sp³-hybridized carbons (Fsp3) is 0.364. The molecule has 0 heterocycles. The predicted molar refractivity (Wildman–Crippen MR) is 53.6 cm³/mol. The standard InChI is InChI=1S/C11H12F2O3/c1-16-11-6-8(12)7(5-9(11)13)10(15)3-2-4-14/h5-6,14H,2-4H2,1H3. The van der Waals surface area contributed by atoms with Gasteiger partial charge in [0.25, 0.3) is 0 Å². The molecule has 0 atom stereocenters. The third-order valence-electron chi connectivity index (χ3n) is 2.10. The molecule has 0 amide bonds. The topological polar surface area (TPSA) is 46.5 Å². The van der Waals surface area contributed by atoms with Gasteiger partial charge in [0, 0.05) is 19.1 Å². The summed E-state index contributed by atoms with van der Waals surface area (Å²) in [5.41, 5.74) is -0.313. The van der Waals surface area contributed by atoms with Crippen LogP contribution in [0.3, 0.4) is 0 Å². The van der Waals surface area contributed by atoms with E-state index in [0.29, 0.717) is 0 Å². The van der Waals surface area contributed by atoms with Crippen LogP contribution >= 0.6 is 0 Å². The van der Waals surface area contributed by atoms with Gasteiger partial charge in [0.05, 0.1) is 12.7 Å². The second-order valence-electron chi connectivity index (χ2n) is 3.22. The number of carbonyl (C=O) groups excluding carboxylic acids is 1. The zero-order chi connectivity index (χ0) is 12.1. The first kappa shape index (κ1) is 12.6. The minimum absolute atomic E-state index is 0.0147. The molecule has 0 radical (unpaired) electrons. The van der Waals surface area contributed by atoms with Crippen LogP contribution in [0.15, 0.2) is 12.1 Å². The number of methoxy groups -OCH3 is 1. The largest absolute Gasteiger partial charge is 0.494 e. The Kier molecular flexibility index (Phi) is 4.37. The Hall–Kier alpha value is -1.49. The van der Waals surface area contributed by atoms with Crippen molar-refractivity contribution in [1.82, 2.24) is 0 Å².